The Morgan fingerprint density at radius 3 is 1.68 bits per heavy atom. The fourth-order valence-electron chi connectivity index (χ4n) is 2.30. The molecule has 11 nitrogen and oxygen atoms in total. The van der Waals surface area contributed by atoms with E-state index in [2.05, 4.69) is 5.32 Å². The van der Waals surface area contributed by atoms with Crippen molar-refractivity contribution in [1.82, 2.24) is 5.32 Å². The zero-order valence-electron chi connectivity index (χ0n) is 16.2. The van der Waals surface area contributed by atoms with Crippen LogP contribution in [-0.2, 0) is 9.47 Å². The first kappa shape index (κ1) is 28.0. The third-order valence-corrected chi connectivity index (χ3v) is 5.79. The van der Waals surface area contributed by atoms with Crippen molar-refractivity contribution in [2.75, 3.05) is 39.5 Å². The van der Waals surface area contributed by atoms with E-state index in [0.29, 0.717) is 32.4 Å². The first-order chi connectivity index (χ1) is 13.0. The van der Waals surface area contributed by atoms with Gasteiger partial charge in [-0.2, -0.15) is 0 Å². The minimum atomic E-state index is -4.00. The van der Waals surface area contributed by atoms with Gasteiger partial charge in [0.25, 0.3) is 0 Å². The van der Waals surface area contributed by atoms with Crippen LogP contribution in [0.15, 0.2) is 0 Å². The second-order valence-electron chi connectivity index (χ2n) is 6.91. The number of hydrogen-bond acceptors (Lipinski definition) is 11. The standard InChI is InChI=1S/C15H37NO10Si2/c17-14(12-25-7-3-9-27(19,20)21)5-1-2-6-16-11-15(18)13-26-8-4-10-28(22,23)24/h14-24H,1-13H2. The Morgan fingerprint density at radius 1 is 0.679 bits per heavy atom. The molecular weight excluding hydrogens is 410 g/mol. The summed E-state index contributed by atoms with van der Waals surface area (Å²) in [6.45, 7) is 1.79. The highest BCUT2D eigenvalue weighted by Crippen LogP contribution is 2.04. The van der Waals surface area contributed by atoms with Crippen LogP contribution >= 0.6 is 0 Å². The maximum Gasteiger partial charge on any atom is 0.492 e. The summed E-state index contributed by atoms with van der Waals surface area (Å²) < 4.78 is 10.4. The van der Waals surface area contributed by atoms with Crippen LogP contribution in [0.3, 0.4) is 0 Å². The van der Waals surface area contributed by atoms with Gasteiger partial charge < -0.3 is 53.8 Å². The smallest absolute Gasteiger partial charge is 0.391 e. The molecule has 0 radical (unpaired) electrons. The number of aliphatic hydroxyl groups excluding tert-OH is 2. The van der Waals surface area contributed by atoms with Crippen molar-refractivity contribution < 1.29 is 48.5 Å². The molecule has 0 aromatic rings. The molecular formula is C15H37NO10Si2. The summed E-state index contributed by atoms with van der Waals surface area (Å²) in [5.41, 5.74) is 0. The monoisotopic (exact) mass is 447 g/mol. The number of rotatable bonds is 19. The first-order valence-corrected chi connectivity index (χ1v) is 13.7. The molecule has 0 saturated heterocycles. The second-order valence-corrected chi connectivity index (χ2v) is 11.0. The van der Waals surface area contributed by atoms with Crippen LogP contribution in [0, 0.1) is 0 Å². The normalized spacial score (nSPS) is 15.0. The predicted octanol–water partition coefficient (Wildman–Crippen LogP) is -2.89. The largest absolute Gasteiger partial charge is 0.492 e. The lowest BCUT2D eigenvalue weighted by molar-refractivity contribution is 0.0301. The van der Waals surface area contributed by atoms with Crippen molar-refractivity contribution in [3.8, 4) is 0 Å². The van der Waals surface area contributed by atoms with E-state index in [4.69, 9.17) is 38.2 Å². The molecule has 0 aliphatic rings. The van der Waals surface area contributed by atoms with Gasteiger partial charge in [0.2, 0.25) is 0 Å². The molecule has 0 fully saturated rings. The zero-order chi connectivity index (χ0) is 21.5. The number of ether oxygens (including phenoxy) is 2. The third-order valence-electron chi connectivity index (χ3n) is 3.74. The van der Waals surface area contributed by atoms with Crippen molar-refractivity contribution in [1.29, 1.82) is 0 Å². The Kier molecular flexibility index (Phi) is 15.8. The Hall–Kier alpha value is -0.00623. The van der Waals surface area contributed by atoms with Gasteiger partial charge in [-0.15, -0.1) is 0 Å². The van der Waals surface area contributed by atoms with Gasteiger partial charge >= 0.3 is 17.6 Å². The number of hydrogen-bond donors (Lipinski definition) is 9. The van der Waals surface area contributed by atoms with Crippen LogP contribution in [0.4, 0.5) is 0 Å². The fourth-order valence-corrected chi connectivity index (χ4v) is 3.54. The van der Waals surface area contributed by atoms with E-state index in [1.807, 2.05) is 0 Å². The van der Waals surface area contributed by atoms with Gasteiger partial charge in [0.1, 0.15) is 0 Å². The lowest BCUT2D eigenvalue weighted by Crippen LogP contribution is -2.34. The first-order valence-electron chi connectivity index (χ1n) is 9.56. The maximum absolute atomic E-state index is 9.76. The third kappa shape index (κ3) is 22.3. The Morgan fingerprint density at radius 2 is 1.18 bits per heavy atom. The minimum Gasteiger partial charge on any atom is -0.391 e. The zero-order valence-corrected chi connectivity index (χ0v) is 18.2. The van der Waals surface area contributed by atoms with E-state index in [1.165, 1.54) is 0 Å². The van der Waals surface area contributed by atoms with Crippen molar-refractivity contribution in [3.63, 3.8) is 0 Å². The summed E-state index contributed by atoms with van der Waals surface area (Å²) in [5, 5.41) is 22.5. The molecule has 9 N–H and O–H groups in total. The Bertz CT molecular complexity index is 334. The SMILES string of the molecule is OC(CCCCNCC(O)COCCC[Si](O)(O)O)COCCC[Si](O)(O)O. The van der Waals surface area contributed by atoms with Crippen molar-refractivity contribution in [3.05, 3.63) is 0 Å². The van der Waals surface area contributed by atoms with Gasteiger partial charge in [-0.25, -0.2) is 0 Å². The molecule has 28 heavy (non-hydrogen) atoms. The molecule has 0 amide bonds. The molecule has 0 aliphatic carbocycles. The van der Waals surface area contributed by atoms with E-state index in [0.717, 1.165) is 12.8 Å². The molecule has 0 spiro atoms. The quantitative estimate of drug-likeness (QED) is 0.0729. The van der Waals surface area contributed by atoms with Crippen LogP contribution in [0.25, 0.3) is 0 Å². The van der Waals surface area contributed by atoms with Gasteiger partial charge in [-0.3, -0.25) is 0 Å². The van der Waals surface area contributed by atoms with Gasteiger partial charge in [0.05, 0.1) is 25.4 Å². The molecule has 0 bridgehead atoms. The van der Waals surface area contributed by atoms with Crippen LogP contribution in [0.5, 0.6) is 0 Å². The fraction of sp³-hybridized carbons (Fsp3) is 1.00. The Labute approximate surface area is 167 Å². The van der Waals surface area contributed by atoms with Crippen LogP contribution < -0.4 is 5.32 Å². The number of unbranched alkanes of at least 4 members (excludes halogenated alkanes) is 1. The van der Waals surface area contributed by atoms with E-state index >= 15 is 0 Å². The highest BCUT2D eigenvalue weighted by atomic mass is 28.4. The highest BCUT2D eigenvalue weighted by Gasteiger charge is 2.26. The molecule has 0 aliphatic heterocycles. The predicted molar refractivity (Wildman–Crippen MR) is 104 cm³/mol. The molecule has 0 heterocycles. The van der Waals surface area contributed by atoms with Crippen LogP contribution in [0.2, 0.25) is 12.1 Å². The maximum atomic E-state index is 9.76. The van der Waals surface area contributed by atoms with E-state index in [-0.39, 0.29) is 38.5 Å². The van der Waals surface area contributed by atoms with Gasteiger partial charge in [-0.1, -0.05) is 0 Å². The summed E-state index contributed by atoms with van der Waals surface area (Å²) in [4.78, 5) is 53.0. The van der Waals surface area contributed by atoms with E-state index in [1.54, 1.807) is 0 Å². The lowest BCUT2D eigenvalue weighted by Gasteiger charge is -2.14. The van der Waals surface area contributed by atoms with Crippen molar-refractivity contribution in [2.45, 2.75) is 56.4 Å². The van der Waals surface area contributed by atoms with Crippen LogP contribution in [-0.4, -0.2) is 108 Å². The van der Waals surface area contributed by atoms with Gasteiger partial charge in [-0.05, 0) is 38.6 Å². The number of nitrogens with one attached hydrogen (secondary N) is 1. The molecule has 13 heteroatoms. The summed E-state index contributed by atoms with van der Waals surface area (Å²) in [7, 11) is -8.00. The topological polar surface area (TPSA) is 192 Å². The molecule has 2 unspecified atom stereocenters. The Balaban J connectivity index is 3.39. The van der Waals surface area contributed by atoms with Gasteiger partial charge in [0, 0.05) is 31.8 Å². The van der Waals surface area contributed by atoms with E-state index < -0.39 is 29.8 Å². The van der Waals surface area contributed by atoms with E-state index in [9.17, 15) is 10.2 Å². The van der Waals surface area contributed by atoms with Crippen LogP contribution in [0.1, 0.15) is 32.1 Å². The molecule has 170 valence electrons. The number of aliphatic hydroxyl groups is 2. The summed E-state index contributed by atoms with van der Waals surface area (Å²) >= 11 is 0. The summed E-state index contributed by atoms with van der Waals surface area (Å²) in [6, 6.07) is -0.170. The minimum absolute atomic E-state index is 0.0815. The average Bonchev–Trinajstić information content (AvgIpc) is 2.55. The van der Waals surface area contributed by atoms with Gasteiger partial charge in [0.15, 0.2) is 0 Å². The molecule has 0 saturated carbocycles. The second kappa shape index (κ2) is 15.8. The summed E-state index contributed by atoms with van der Waals surface area (Å²) in [5.74, 6) is 0. The highest BCUT2D eigenvalue weighted by molar-refractivity contribution is 6.56. The summed E-state index contributed by atoms with van der Waals surface area (Å²) in [6.07, 6.45) is 1.51. The molecule has 0 aromatic carbocycles. The molecule has 0 aromatic heterocycles. The average molecular weight is 448 g/mol. The lowest BCUT2D eigenvalue weighted by atomic mass is 10.1. The van der Waals surface area contributed by atoms with Crippen molar-refractivity contribution in [2.24, 2.45) is 0 Å². The molecule has 0 rings (SSSR count). The van der Waals surface area contributed by atoms with Crippen molar-refractivity contribution >= 4 is 17.6 Å². The molecule has 2 atom stereocenters.